The maximum atomic E-state index is 12.5. The highest BCUT2D eigenvalue weighted by atomic mass is 35.5. The van der Waals surface area contributed by atoms with Crippen LogP contribution in [0.2, 0.25) is 5.02 Å². The molecule has 0 bridgehead atoms. The molecule has 1 aliphatic rings. The van der Waals surface area contributed by atoms with Gasteiger partial charge < -0.3 is 9.73 Å². The quantitative estimate of drug-likeness (QED) is 0.645. The van der Waals surface area contributed by atoms with Crippen molar-refractivity contribution >= 4 is 17.5 Å². The molecule has 138 valence electrons. The number of nitrogens with one attached hydrogen (secondary N) is 1. The minimum absolute atomic E-state index is 0.0177. The first-order chi connectivity index (χ1) is 13.1. The van der Waals surface area contributed by atoms with Gasteiger partial charge in [-0.05, 0) is 37.0 Å². The van der Waals surface area contributed by atoms with E-state index in [1.54, 1.807) is 6.20 Å². The maximum absolute atomic E-state index is 12.5. The standard InChI is InChI=1S/C22H21ClN2O2/c23-18-9-7-17(8-10-18)22(13-4-14-22)25-20(26)11-12-21-24-15-19(27-21)16-5-2-1-3-6-16/h1-3,5-10,15H,4,11-14H2,(H,25,26). The van der Waals surface area contributed by atoms with E-state index in [0.717, 1.165) is 36.1 Å². The molecule has 5 heteroatoms. The highest BCUT2D eigenvalue weighted by molar-refractivity contribution is 6.30. The Hall–Kier alpha value is -2.59. The highest BCUT2D eigenvalue weighted by Gasteiger charge is 2.39. The molecule has 1 aromatic heterocycles. The summed E-state index contributed by atoms with van der Waals surface area (Å²) in [7, 11) is 0. The van der Waals surface area contributed by atoms with Gasteiger partial charge in [0.25, 0.3) is 0 Å². The minimum atomic E-state index is -0.256. The molecule has 2 aromatic carbocycles. The molecule has 1 heterocycles. The summed E-state index contributed by atoms with van der Waals surface area (Å²) in [5.41, 5.74) is 1.85. The van der Waals surface area contributed by atoms with E-state index < -0.39 is 0 Å². The third-order valence-corrected chi connectivity index (χ3v) is 5.41. The lowest BCUT2D eigenvalue weighted by molar-refractivity contribution is -0.124. The SMILES string of the molecule is O=C(CCc1ncc(-c2ccccc2)o1)NC1(c2ccc(Cl)cc2)CCC1. The van der Waals surface area contributed by atoms with E-state index in [2.05, 4.69) is 10.3 Å². The zero-order valence-corrected chi connectivity index (χ0v) is 15.7. The number of carbonyl (C=O) groups excluding carboxylic acids is 1. The molecule has 1 aliphatic carbocycles. The van der Waals surface area contributed by atoms with E-state index >= 15 is 0 Å². The Kier molecular flexibility index (Phi) is 4.99. The van der Waals surface area contributed by atoms with E-state index in [4.69, 9.17) is 16.0 Å². The van der Waals surface area contributed by atoms with Gasteiger partial charge in [0.1, 0.15) is 0 Å². The lowest BCUT2D eigenvalue weighted by Crippen LogP contribution is -2.50. The van der Waals surface area contributed by atoms with Crippen LogP contribution in [0.25, 0.3) is 11.3 Å². The van der Waals surface area contributed by atoms with E-state index in [0.29, 0.717) is 23.8 Å². The van der Waals surface area contributed by atoms with Crippen LogP contribution in [0.15, 0.2) is 65.2 Å². The molecule has 0 radical (unpaired) electrons. The van der Waals surface area contributed by atoms with E-state index in [1.807, 2.05) is 54.6 Å². The Balaban J connectivity index is 1.37. The number of amides is 1. The van der Waals surface area contributed by atoms with Crippen LogP contribution < -0.4 is 5.32 Å². The zero-order chi connectivity index (χ0) is 18.7. The van der Waals surface area contributed by atoms with Gasteiger partial charge in [0.2, 0.25) is 5.91 Å². The molecule has 1 amide bonds. The van der Waals surface area contributed by atoms with E-state index in [9.17, 15) is 4.79 Å². The summed E-state index contributed by atoms with van der Waals surface area (Å²) in [5.74, 6) is 1.32. The largest absolute Gasteiger partial charge is 0.441 e. The summed E-state index contributed by atoms with van der Waals surface area (Å²) >= 11 is 5.99. The molecular weight excluding hydrogens is 360 g/mol. The van der Waals surface area contributed by atoms with Crippen molar-refractivity contribution in [3.05, 3.63) is 77.3 Å². The van der Waals surface area contributed by atoms with Crippen molar-refractivity contribution in [2.24, 2.45) is 0 Å². The number of oxazole rings is 1. The number of aryl methyl sites for hydroxylation is 1. The molecule has 0 aliphatic heterocycles. The number of hydrogen-bond donors (Lipinski definition) is 1. The lowest BCUT2D eigenvalue weighted by atomic mass is 9.71. The van der Waals surface area contributed by atoms with Crippen molar-refractivity contribution in [1.82, 2.24) is 10.3 Å². The fourth-order valence-corrected chi connectivity index (χ4v) is 3.62. The Morgan fingerprint density at radius 1 is 1.11 bits per heavy atom. The van der Waals surface area contributed by atoms with Crippen LogP contribution in [0, 0.1) is 0 Å². The Labute approximate surface area is 163 Å². The van der Waals surface area contributed by atoms with Crippen molar-refractivity contribution in [1.29, 1.82) is 0 Å². The van der Waals surface area contributed by atoms with Crippen LogP contribution in [0.4, 0.5) is 0 Å². The highest BCUT2D eigenvalue weighted by Crippen LogP contribution is 2.41. The summed E-state index contributed by atoms with van der Waals surface area (Å²) in [4.78, 5) is 16.8. The molecule has 0 saturated heterocycles. The Morgan fingerprint density at radius 3 is 2.52 bits per heavy atom. The zero-order valence-electron chi connectivity index (χ0n) is 15.0. The van der Waals surface area contributed by atoms with Crippen molar-refractivity contribution in [2.75, 3.05) is 0 Å². The van der Waals surface area contributed by atoms with Gasteiger partial charge in [-0.15, -0.1) is 0 Å². The summed E-state index contributed by atoms with van der Waals surface area (Å²) in [6, 6.07) is 17.6. The van der Waals surface area contributed by atoms with Crippen LogP contribution in [0.1, 0.15) is 37.1 Å². The van der Waals surface area contributed by atoms with Gasteiger partial charge in [-0.25, -0.2) is 4.98 Å². The average molecular weight is 381 g/mol. The second-order valence-electron chi connectivity index (χ2n) is 6.98. The van der Waals surface area contributed by atoms with Gasteiger partial charge in [-0.1, -0.05) is 54.1 Å². The van der Waals surface area contributed by atoms with Crippen LogP contribution >= 0.6 is 11.6 Å². The van der Waals surface area contributed by atoms with Crippen molar-refractivity contribution < 1.29 is 9.21 Å². The molecule has 0 unspecified atom stereocenters. The predicted molar refractivity (Wildman–Crippen MR) is 105 cm³/mol. The maximum Gasteiger partial charge on any atom is 0.221 e. The van der Waals surface area contributed by atoms with Crippen LogP contribution in [0.5, 0.6) is 0 Å². The van der Waals surface area contributed by atoms with Gasteiger partial charge in [0.15, 0.2) is 11.7 Å². The number of aromatic nitrogens is 1. The first-order valence-electron chi connectivity index (χ1n) is 9.22. The summed E-state index contributed by atoms with van der Waals surface area (Å²) < 4.78 is 5.78. The minimum Gasteiger partial charge on any atom is -0.441 e. The predicted octanol–water partition coefficient (Wildman–Crippen LogP) is 5.12. The Bertz CT molecular complexity index is 915. The summed E-state index contributed by atoms with van der Waals surface area (Å²) in [6.45, 7) is 0. The van der Waals surface area contributed by atoms with E-state index in [1.165, 1.54) is 0 Å². The molecule has 4 nitrogen and oxygen atoms in total. The van der Waals surface area contributed by atoms with Crippen LogP contribution in [-0.4, -0.2) is 10.9 Å². The third-order valence-electron chi connectivity index (χ3n) is 5.16. The smallest absolute Gasteiger partial charge is 0.221 e. The second kappa shape index (κ2) is 7.57. The number of rotatable bonds is 6. The fourth-order valence-electron chi connectivity index (χ4n) is 3.50. The second-order valence-corrected chi connectivity index (χ2v) is 7.41. The number of halogens is 1. The van der Waals surface area contributed by atoms with Crippen LogP contribution in [0.3, 0.4) is 0 Å². The van der Waals surface area contributed by atoms with Gasteiger partial charge >= 0.3 is 0 Å². The van der Waals surface area contributed by atoms with Crippen LogP contribution in [-0.2, 0) is 16.8 Å². The van der Waals surface area contributed by atoms with Gasteiger partial charge in [-0.2, -0.15) is 0 Å². The molecule has 3 aromatic rings. The normalized spacial score (nSPS) is 15.1. The molecule has 0 spiro atoms. The number of nitrogens with zero attached hydrogens (tertiary/aromatic N) is 1. The average Bonchev–Trinajstić information content (AvgIpc) is 3.14. The number of hydrogen-bond acceptors (Lipinski definition) is 3. The van der Waals surface area contributed by atoms with Crippen molar-refractivity contribution in [2.45, 2.75) is 37.6 Å². The topological polar surface area (TPSA) is 55.1 Å². The number of carbonyl (C=O) groups is 1. The molecule has 1 fully saturated rings. The van der Waals surface area contributed by atoms with E-state index in [-0.39, 0.29) is 11.4 Å². The van der Waals surface area contributed by atoms with Crippen molar-refractivity contribution in [3.63, 3.8) is 0 Å². The third kappa shape index (κ3) is 3.91. The molecule has 1 saturated carbocycles. The number of benzene rings is 2. The molecule has 0 atom stereocenters. The molecular formula is C22H21ClN2O2. The van der Waals surface area contributed by atoms with Crippen molar-refractivity contribution in [3.8, 4) is 11.3 Å². The fraction of sp³-hybridized carbons (Fsp3) is 0.273. The monoisotopic (exact) mass is 380 g/mol. The first-order valence-corrected chi connectivity index (χ1v) is 9.60. The summed E-state index contributed by atoms with van der Waals surface area (Å²) in [6.07, 6.45) is 5.57. The molecule has 1 N–H and O–H groups in total. The van der Waals surface area contributed by atoms with Gasteiger partial charge in [0.05, 0.1) is 11.7 Å². The summed E-state index contributed by atoms with van der Waals surface area (Å²) in [5, 5.41) is 3.93. The molecule has 4 rings (SSSR count). The van der Waals surface area contributed by atoms with Gasteiger partial charge in [0, 0.05) is 23.4 Å². The first kappa shape index (κ1) is 17.8. The Morgan fingerprint density at radius 2 is 1.85 bits per heavy atom. The van der Waals surface area contributed by atoms with Gasteiger partial charge in [-0.3, -0.25) is 4.79 Å². The molecule has 27 heavy (non-hydrogen) atoms. The lowest BCUT2D eigenvalue weighted by Gasteiger charge is -2.43.